The summed E-state index contributed by atoms with van der Waals surface area (Å²) in [5, 5.41) is 0. The third-order valence-electron chi connectivity index (χ3n) is 5.13. The summed E-state index contributed by atoms with van der Waals surface area (Å²) in [7, 11) is 0. The van der Waals surface area contributed by atoms with Crippen LogP contribution in [0.25, 0.3) is 0 Å². The zero-order valence-corrected chi connectivity index (χ0v) is 15.9. The fraction of sp³-hybridized carbons (Fsp3) is 0.722. The van der Waals surface area contributed by atoms with E-state index in [0.717, 1.165) is 6.42 Å². The van der Waals surface area contributed by atoms with Crippen molar-refractivity contribution in [2.45, 2.75) is 56.5 Å². The molecule has 2 fully saturated rings. The second-order valence-corrected chi connectivity index (χ2v) is 7.39. The average molecular weight is 446 g/mol. The van der Waals surface area contributed by atoms with Crippen molar-refractivity contribution in [2.24, 2.45) is 11.8 Å². The van der Waals surface area contributed by atoms with Gasteiger partial charge >= 0.3 is 35.7 Å². The highest BCUT2D eigenvalue weighted by Crippen LogP contribution is 2.49. The number of fused-ring (bicyclic) bond motifs is 2. The second-order valence-electron chi connectivity index (χ2n) is 7.39. The monoisotopic (exact) mass is 446 g/mol. The van der Waals surface area contributed by atoms with Gasteiger partial charge in [0.2, 0.25) is 0 Å². The summed E-state index contributed by atoms with van der Waals surface area (Å²) in [4.78, 5) is 34.0. The first kappa shape index (κ1) is 24.0. The van der Waals surface area contributed by atoms with E-state index in [1.54, 1.807) is 0 Å². The minimum absolute atomic E-state index is 0.0770. The van der Waals surface area contributed by atoms with Crippen molar-refractivity contribution in [1.82, 2.24) is 0 Å². The van der Waals surface area contributed by atoms with E-state index in [-0.39, 0.29) is 23.8 Å². The Morgan fingerprint density at radius 1 is 0.900 bits per heavy atom. The van der Waals surface area contributed by atoms with E-state index in [1.165, 1.54) is 6.92 Å². The predicted octanol–water partition coefficient (Wildman–Crippen LogP) is 3.29. The van der Waals surface area contributed by atoms with Crippen molar-refractivity contribution in [2.75, 3.05) is 13.2 Å². The minimum Gasteiger partial charge on any atom is -0.459 e. The molecule has 3 atom stereocenters. The maximum atomic E-state index is 13.9. The molecule has 0 aromatic rings. The van der Waals surface area contributed by atoms with Gasteiger partial charge in [-0.2, -0.15) is 26.3 Å². The number of hydrogen-bond donors (Lipinski definition) is 0. The summed E-state index contributed by atoms with van der Waals surface area (Å²) in [5.41, 5.74) is -0.0770. The smallest absolute Gasteiger partial charge is 0.411 e. The lowest BCUT2D eigenvalue weighted by molar-refractivity contribution is -0.302. The van der Waals surface area contributed by atoms with Crippen LogP contribution in [0.3, 0.4) is 0 Å². The van der Waals surface area contributed by atoms with Crippen LogP contribution in [0.5, 0.6) is 0 Å². The Morgan fingerprint density at radius 3 is 1.97 bits per heavy atom. The van der Waals surface area contributed by atoms with Crippen LogP contribution in [0.1, 0.15) is 32.6 Å². The highest BCUT2D eigenvalue weighted by atomic mass is 19.3. The van der Waals surface area contributed by atoms with Crippen molar-refractivity contribution in [3.8, 4) is 0 Å². The van der Waals surface area contributed by atoms with Gasteiger partial charge in [0.15, 0.2) is 0 Å². The number of esters is 3. The van der Waals surface area contributed by atoms with Gasteiger partial charge in [-0.05, 0) is 44.4 Å². The molecule has 2 aliphatic rings. The molecule has 3 unspecified atom stereocenters. The SMILES string of the molecule is C=C(C)C(=O)OCCOC(=O)C(F)(F)C(F)(F)C(F)(F)C(=O)OC1CC2CCC1C2. The molecule has 0 heterocycles. The highest BCUT2D eigenvalue weighted by molar-refractivity contribution is 5.87. The number of alkyl halides is 6. The van der Waals surface area contributed by atoms with Gasteiger partial charge in [-0.1, -0.05) is 6.58 Å². The van der Waals surface area contributed by atoms with Crippen LogP contribution in [0.4, 0.5) is 26.3 Å². The minimum atomic E-state index is -6.42. The lowest BCUT2D eigenvalue weighted by Gasteiger charge is -2.31. The molecule has 170 valence electrons. The van der Waals surface area contributed by atoms with Crippen LogP contribution in [0.15, 0.2) is 12.2 Å². The van der Waals surface area contributed by atoms with Crippen molar-refractivity contribution >= 4 is 17.9 Å². The largest absolute Gasteiger partial charge is 0.459 e. The molecule has 0 N–H and O–H groups in total. The summed E-state index contributed by atoms with van der Waals surface area (Å²) in [6, 6.07) is 0. The van der Waals surface area contributed by atoms with Gasteiger partial charge in [0.25, 0.3) is 0 Å². The van der Waals surface area contributed by atoms with Crippen LogP contribution >= 0.6 is 0 Å². The molecule has 0 radical (unpaired) electrons. The molecular formula is C18H20F6O6. The fourth-order valence-electron chi connectivity index (χ4n) is 3.48. The average Bonchev–Trinajstić information content (AvgIpc) is 3.27. The fourth-order valence-corrected chi connectivity index (χ4v) is 3.48. The Kier molecular flexibility index (Phi) is 6.77. The number of hydrogen-bond acceptors (Lipinski definition) is 6. The molecule has 0 amide bonds. The summed E-state index contributed by atoms with van der Waals surface area (Å²) < 4.78 is 95.8. The Balaban J connectivity index is 1.98. The third-order valence-corrected chi connectivity index (χ3v) is 5.13. The molecule has 2 saturated carbocycles. The maximum Gasteiger partial charge on any atom is 0.411 e. The Labute approximate surface area is 167 Å². The molecule has 0 spiro atoms. The Bertz CT molecular complexity index is 722. The predicted molar refractivity (Wildman–Crippen MR) is 86.9 cm³/mol. The quantitative estimate of drug-likeness (QED) is 0.178. The zero-order valence-electron chi connectivity index (χ0n) is 15.9. The van der Waals surface area contributed by atoms with E-state index >= 15 is 0 Å². The maximum absolute atomic E-state index is 13.9. The Hall–Kier alpha value is -2.27. The van der Waals surface area contributed by atoms with E-state index in [4.69, 9.17) is 0 Å². The van der Waals surface area contributed by atoms with Gasteiger partial charge in [0.05, 0.1) is 0 Å². The standard InChI is InChI=1S/C18H20F6O6/c1-9(2)13(25)28-5-6-29-14(26)16(19,20)18(23,24)17(21,22)15(27)30-12-8-10-3-4-11(12)7-10/h10-12H,1,3-8H2,2H3. The molecule has 6 nitrogen and oxygen atoms in total. The van der Waals surface area contributed by atoms with Crippen LogP contribution in [0.2, 0.25) is 0 Å². The van der Waals surface area contributed by atoms with E-state index in [1.807, 2.05) is 0 Å². The first-order valence-electron chi connectivity index (χ1n) is 9.06. The number of rotatable bonds is 9. The van der Waals surface area contributed by atoms with Crippen LogP contribution < -0.4 is 0 Å². The molecular weight excluding hydrogens is 426 g/mol. The lowest BCUT2D eigenvalue weighted by atomic mass is 9.97. The molecule has 0 saturated heterocycles. The molecule has 2 aliphatic carbocycles. The van der Waals surface area contributed by atoms with Crippen molar-refractivity contribution in [3.05, 3.63) is 12.2 Å². The number of carbonyl (C=O) groups is 3. The molecule has 0 aliphatic heterocycles. The van der Waals surface area contributed by atoms with Gasteiger partial charge < -0.3 is 14.2 Å². The molecule has 30 heavy (non-hydrogen) atoms. The Morgan fingerprint density at radius 2 is 1.47 bits per heavy atom. The first-order chi connectivity index (χ1) is 13.7. The van der Waals surface area contributed by atoms with E-state index in [0.29, 0.717) is 12.8 Å². The van der Waals surface area contributed by atoms with Gasteiger partial charge in [-0.3, -0.25) is 0 Å². The van der Waals surface area contributed by atoms with Crippen molar-refractivity contribution in [1.29, 1.82) is 0 Å². The lowest BCUT2D eigenvalue weighted by Crippen LogP contribution is -2.62. The van der Waals surface area contributed by atoms with Gasteiger partial charge in [0.1, 0.15) is 19.3 Å². The summed E-state index contributed by atoms with van der Waals surface area (Å²) in [6.45, 7) is 2.54. The van der Waals surface area contributed by atoms with Crippen LogP contribution in [0, 0.1) is 11.8 Å². The molecule has 12 heteroatoms. The molecule has 0 aromatic heterocycles. The number of ether oxygens (including phenoxy) is 3. The molecule has 0 aromatic carbocycles. The van der Waals surface area contributed by atoms with Gasteiger partial charge in [0, 0.05) is 5.57 Å². The zero-order chi connectivity index (χ0) is 22.9. The summed E-state index contributed by atoms with van der Waals surface area (Å²) in [5.74, 6) is -25.4. The summed E-state index contributed by atoms with van der Waals surface area (Å²) >= 11 is 0. The van der Waals surface area contributed by atoms with Gasteiger partial charge in [-0.25, -0.2) is 14.4 Å². The summed E-state index contributed by atoms with van der Waals surface area (Å²) in [6.07, 6.45) is 1.07. The highest BCUT2D eigenvalue weighted by Gasteiger charge is 2.79. The second kappa shape index (κ2) is 8.46. The number of halogens is 6. The number of carbonyl (C=O) groups excluding carboxylic acids is 3. The van der Waals surface area contributed by atoms with Crippen LogP contribution in [-0.2, 0) is 28.6 Å². The normalized spacial score (nSPS) is 23.8. The van der Waals surface area contributed by atoms with Crippen molar-refractivity contribution in [3.63, 3.8) is 0 Å². The van der Waals surface area contributed by atoms with E-state index < -0.39 is 55.0 Å². The molecule has 2 bridgehead atoms. The van der Waals surface area contributed by atoms with Crippen molar-refractivity contribution < 1.29 is 54.9 Å². The van der Waals surface area contributed by atoms with E-state index in [2.05, 4.69) is 20.8 Å². The topological polar surface area (TPSA) is 78.9 Å². The third kappa shape index (κ3) is 4.41. The van der Waals surface area contributed by atoms with Crippen LogP contribution in [-0.4, -0.2) is 55.0 Å². The first-order valence-corrected chi connectivity index (χ1v) is 9.06. The van der Waals surface area contributed by atoms with Gasteiger partial charge in [-0.15, -0.1) is 0 Å². The van der Waals surface area contributed by atoms with E-state index in [9.17, 15) is 40.7 Å². The molecule has 2 rings (SSSR count).